The van der Waals surface area contributed by atoms with Crippen LogP contribution in [0.1, 0.15) is 5.56 Å². The molecule has 0 aliphatic carbocycles. The molecule has 0 radical (unpaired) electrons. The Labute approximate surface area is 113 Å². The third-order valence-electron chi connectivity index (χ3n) is 2.79. The van der Waals surface area contributed by atoms with Crippen molar-refractivity contribution in [1.29, 1.82) is 0 Å². The van der Waals surface area contributed by atoms with E-state index in [9.17, 15) is 13.5 Å². The fourth-order valence-electron chi connectivity index (χ4n) is 1.72. The molecule has 0 unspecified atom stereocenters. The highest BCUT2D eigenvalue weighted by atomic mass is 32.2. The number of sulfonamides is 1. The fraction of sp³-hybridized carbons (Fsp3) is 0.143. The molecular formula is C14H15NO3S. The molecule has 0 spiro atoms. The number of phenols is 1. The maximum absolute atomic E-state index is 12.3. The lowest BCUT2D eigenvalue weighted by molar-refractivity contribution is 0.463. The van der Waals surface area contributed by atoms with Gasteiger partial charge >= 0.3 is 0 Å². The van der Waals surface area contributed by atoms with E-state index in [1.807, 2.05) is 0 Å². The van der Waals surface area contributed by atoms with E-state index in [0.29, 0.717) is 0 Å². The second-order valence-corrected chi connectivity index (χ2v) is 6.29. The van der Waals surface area contributed by atoms with Crippen LogP contribution in [0.2, 0.25) is 0 Å². The van der Waals surface area contributed by atoms with E-state index >= 15 is 0 Å². The quantitative estimate of drug-likeness (QED) is 0.932. The van der Waals surface area contributed by atoms with Crippen molar-refractivity contribution < 1.29 is 13.5 Å². The summed E-state index contributed by atoms with van der Waals surface area (Å²) in [6, 6.07) is 14.8. The van der Waals surface area contributed by atoms with Crippen molar-refractivity contribution in [3.05, 3.63) is 60.2 Å². The normalized spacial score (nSPS) is 11.7. The summed E-state index contributed by atoms with van der Waals surface area (Å²) in [5.74, 6) is 0.164. The fourth-order valence-corrected chi connectivity index (χ4v) is 2.90. The van der Waals surface area contributed by atoms with E-state index in [1.165, 1.54) is 23.5 Å². The molecule has 0 aliphatic heterocycles. The number of aromatic hydroxyl groups is 1. The van der Waals surface area contributed by atoms with Gasteiger partial charge in [-0.05, 0) is 29.8 Å². The zero-order valence-electron chi connectivity index (χ0n) is 10.5. The average molecular weight is 277 g/mol. The highest BCUT2D eigenvalue weighted by Gasteiger charge is 2.20. The number of benzene rings is 2. The number of hydrogen-bond donors (Lipinski definition) is 1. The Bertz CT molecular complexity index is 636. The average Bonchev–Trinajstić information content (AvgIpc) is 2.42. The van der Waals surface area contributed by atoms with Gasteiger partial charge < -0.3 is 5.11 Å². The summed E-state index contributed by atoms with van der Waals surface area (Å²) in [6.45, 7) is 0.261. The molecule has 0 amide bonds. The molecule has 4 nitrogen and oxygen atoms in total. The predicted molar refractivity (Wildman–Crippen MR) is 73.2 cm³/mol. The lowest BCUT2D eigenvalue weighted by Crippen LogP contribution is -2.26. The van der Waals surface area contributed by atoms with Crippen LogP contribution in [0.4, 0.5) is 0 Å². The van der Waals surface area contributed by atoms with Crippen molar-refractivity contribution in [3.8, 4) is 5.75 Å². The summed E-state index contributed by atoms with van der Waals surface area (Å²) in [5, 5.41) is 9.20. The van der Waals surface area contributed by atoms with Crippen LogP contribution in [0, 0.1) is 0 Å². The van der Waals surface area contributed by atoms with Crippen LogP contribution in [-0.4, -0.2) is 24.9 Å². The zero-order valence-corrected chi connectivity index (χ0v) is 11.3. The largest absolute Gasteiger partial charge is 0.508 e. The van der Waals surface area contributed by atoms with Gasteiger partial charge in [0.05, 0.1) is 4.90 Å². The van der Waals surface area contributed by atoms with E-state index in [-0.39, 0.29) is 17.2 Å². The van der Waals surface area contributed by atoms with Crippen molar-refractivity contribution in [3.63, 3.8) is 0 Å². The van der Waals surface area contributed by atoms with Gasteiger partial charge in [0.1, 0.15) is 5.75 Å². The molecule has 2 aromatic rings. The van der Waals surface area contributed by atoms with Gasteiger partial charge in [-0.15, -0.1) is 0 Å². The summed E-state index contributed by atoms with van der Waals surface area (Å²) in [7, 11) is -1.94. The Morgan fingerprint density at radius 1 is 1.00 bits per heavy atom. The number of hydrogen-bond acceptors (Lipinski definition) is 3. The molecule has 1 N–H and O–H groups in total. The Morgan fingerprint density at radius 3 is 2.16 bits per heavy atom. The van der Waals surface area contributed by atoms with Gasteiger partial charge in [0, 0.05) is 13.6 Å². The van der Waals surface area contributed by atoms with Crippen molar-refractivity contribution in [1.82, 2.24) is 4.31 Å². The summed E-state index contributed by atoms with van der Waals surface area (Å²) in [6.07, 6.45) is 0. The molecule has 0 bridgehead atoms. The van der Waals surface area contributed by atoms with Gasteiger partial charge in [-0.3, -0.25) is 0 Å². The monoisotopic (exact) mass is 277 g/mol. The summed E-state index contributed by atoms with van der Waals surface area (Å²) >= 11 is 0. The lowest BCUT2D eigenvalue weighted by Gasteiger charge is -2.17. The lowest BCUT2D eigenvalue weighted by atomic mass is 10.2. The second kappa shape index (κ2) is 5.42. The number of phenolic OH excluding ortho intramolecular Hbond substituents is 1. The second-order valence-electron chi connectivity index (χ2n) is 4.24. The maximum Gasteiger partial charge on any atom is 0.243 e. The highest BCUT2D eigenvalue weighted by molar-refractivity contribution is 7.89. The van der Waals surface area contributed by atoms with E-state index in [4.69, 9.17) is 0 Å². The van der Waals surface area contributed by atoms with Crippen LogP contribution in [0.3, 0.4) is 0 Å². The molecule has 0 heterocycles. The van der Waals surface area contributed by atoms with Gasteiger partial charge in [-0.2, -0.15) is 4.31 Å². The first-order valence-corrected chi connectivity index (χ1v) is 7.23. The molecule has 5 heteroatoms. The predicted octanol–water partition coefficient (Wildman–Crippen LogP) is 2.21. The van der Waals surface area contributed by atoms with Gasteiger partial charge in [0.25, 0.3) is 0 Å². The maximum atomic E-state index is 12.3. The molecule has 0 fully saturated rings. The topological polar surface area (TPSA) is 57.6 Å². The summed E-state index contributed by atoms with van der Waals surface area (Å²) in [4.78, 5) is 0.274. The minimum absolute atomic E-state index is 0.164. The zero-order chi connectivity index (χ0) is 13.9. The smallest absolute Gasteiger partial charge is 0.243 e. The molecule has 2 rings (SSSR count). The van der Waals surface area contributed by atoms with Gasteiger partial charge in [-0.25, -0.2) is 8.42 Å². The molecule has 0 aliphatic rings. The van der Waals surface area contributed by atoms with E-state index < -0.39 is 10.0 Å². The molecule has 19 heavy (non-hydrogen) atoms. The standard InChI is InChI=1S/C14H15NO3S/c1-15(11-12-7-9-13(16)10-8-12)19(17,18)14-5-3-2-4-6-14/h2-10,16H,11H2,1H3. The minimum atomic E-state index is -3.48. The SMILES string of the molecule is CN(Cc1ccc(O)cc1)S(=O)(=O)c1ccccc1. The highest BCUT2D eigenvalue weighted by Crippen LogP contribution is 2.17. The number of nitrogens with zero attached hydrogens (tertiary/aromatic N) is 1. The van der Waals surface area contributed by atoms with Gasteiger partial charge in [-0.1, -0.05) is 30.3 Å². The van der Waals surface area contributed by atoms with E-state index in [2.05, 4.69) is 0 Å². The van der Waals surface area contributed by atoms with Gasteiger partial charge in [0.2, 0.25) is 10.0 Å². The van der Waals surface area contributed by atoms with Crippen molar-refractivity contribution in [2.75, 3.05) is 7.05 Å². The first kappa shape index (κ1) is 13.6. The Balaban J connectivity index is 2.20. The number of rotatable bonds is 4. The third-order valence-corrected chi connectivity index (χ3v) is 4.61. The Morgan fingerprint density at radius 2 is 1.58 bits per heavy atom. The molecule has 0 aromatic heterocycles. The molecule has 0 saturated heterocycles. The van der Waals surface area contributed by atoms with Crippen LogP contribution in [0.15, 0.2) is 59.5 Å². The van der Waals surface area contributed by atoms with Crippen LogP contribution >= 0.6 is 0 Å². The molecule has 100 valence electrons. The van der Waals surface area contributed by atoms with Crippen molar-refractivity contribution in [2.45, 2.75) is 11.4 Å². The van der Waals surface area contributed by atoms with Crippen LogP contribution in [-0.2, 0) is 16.6 Å². The van der Waals surface area contributed by atoms with Gasteiger partial charge in [0.15, 0.2) is 0 Å². The molecular weight excluding hydrogens is 262 g/mol. The first-order chi connectivity index (χ1) is 9.00. The summed E-state index contributed by atoms with van der Waals surface area (Å²) in [5.41, 5.74) is 0.819. The van der Waals surface area contributed by atoms with E-state index in [1.54, 1.807) is 42.5 Å². The Hall–Kier alpha value is -1.85. The van der Waals surface area contributed by atoms with Crippen LogP contribution < -0.4 is 0 Å². The minimum Gasteiger partial charge on any atom is -0.508 e. The van der Waals surface area contributed by atoms with Crippen molar-refractivity contribution in [2.24, 2.45) is 0 Å². The third kappa shape index (κ3) is 3.13. The summed E-state index contributed by atoms with van der Waals surface area (Å²) < 4.78 is 25.8. The van der Waals surface area contributed by atoms with Crippen LogP contribution in [0.25, 0.3) is 0 Å². The van der Waals surface area contributed by atoms with Crippen molar-refractivity contribution >= 4 is 10.0 Å². The first-order valence-electron chi connectivity index (χ1n) is 5.79. The Kier molecular flexibility index (Phi) is 3.87. The van der Waals surface area contributed by atoms with E-state index in [0.717, 1.165) is 5.56 Å². The molecule has 0 saturated carbocycles. The van der Waals surface area contributed by atoms with Crippen LogP contribution in [0.5, 0.6) is 5.75 Å². The molecule has 0 atom stereocenters. The molecule has 2 aromatic carbocycles.